The van der Waals surface area contributed by atoms with Crippen LogP contribution in [0.5, 0.6) is 5.75 Å². The number of benzene rings is 1. The van der Waals surface area contributed by atoms with Gasteiger partial charge >= 0.3 is 6.61 Å². The van der Waals surface area contributed by atoms with Gasteiger partial charge in [-0.3, -0.25) is 4.79 Å². The lowest BCUT2D eigenvalue weighted by Gasteiger charge is -2.25. The van der Waals surface area contributed by atoms with Gasteiger partial charge < -0.3 is 15.2 Å². The highest BCUT2D eigenvalue weighted by molar-refractivity contribution is 5.91. The van der Waals surface area contributed by atoms with Gasteiger partial charge in [0.1, 0.15) is 5.75 Å². The summed E-state index contributed by atoms with van der Waals surface area (Å²) in [5, 5.41) is 12.3. The van der Waals surface area contributed by atoms with Crippen molar-refractivity contribution in [2.75, 3.05) is 0 Å². The molecule has 1 fully saturated rings. The van der Waals surface area contributed by atoms with Crippen LogP contribution in [0.2, 0.25) is 0 Å². The average Bonchev–Trinajstić information content (AvgIpc) is 2.48. The Kier molecular flexibility index (Phi) is 5.89. The first kappa shape index (κ1) is 16.4. The summed E-state index contributed by atoms with van der Waals surface area (Å²) in [5.41, 5.74) is 0.718. The first-order valence-corrected chi connectivity index (χ1v) is 7.24. The summed E-state index contributed by atoms with van der Waals surface area (Å²) in [6.45, 7) is -2.85. The quantitative estimate of drug-likeness (QED) is 0.822. The SMILES string of the molecule is O=C(C=Cc1ccc(OC(F)F)cc1)NC1CCC(O)CC1. The van der Waals surface area contributed by atoms with E-state index in [0.717, 1.165) is 18.4 Å². The molecule has 0 unspecified atom stereocenters. The molecule has 6 heteroatoms. The van der Waals surface area contributed by atoms with Gasteiger partial charge in [-0.1, -0.05) is 12.1 Å². The number of aliphatic hydroxyl groups is 1. The lowest BCUT2D eigenvalue weighted by Crippen LogP contribution is -2.37. The van der Waals surface area contributed by atoms with Crippen molar-refractivity contribution in [2.24, 2.45) is 0 Å². The van der Waals surface area contributed by atoms with Crippen LogP contribution in [-0.2, 0) is 4.79 Å². The van der Waals surface area contributed by atoms with E-state index in [2.05, 4.69) is 10.1 Å². The van der Waals surface area contributed by atoms with Crippen LogP contribution in [0.3, 0.4) is 0 Å². The van der Waals surface area contributed by atoms with Crippen LogP contribution in [0, 0.1) is 0 Å². The van der Waals surface area contributed by atoms with Gasteiger partial charge in [-0.2, -0.15) is 8.78 Å². The number of aliphatic hydroxyl groups excluding tert-OH is 1. The molecule has 1 aliphatic rings. The lowest BCUT2D eigenvalue weighted by atomic mass is 9.93. The van der Waals surface area contributed by atoms with Crippen molar-refractivity contribution in [2.45, 2.75) is 44.4 Å². The fourth-order valence-electron chi connectivity index (χ4n) is 2.40. The molecule has 0 spiro atoms. The second-order valence-electron chi connectivity index (χ2n) is 5.29. The molecule has 0 radical (unpaired) electrons. The summed E-state index contributed by atoms with van der Waals surface area (Å²) in [4.78, 5) is 11.8. The van der Waals surface area contributed by atoms with Gasteiger partial charge in [0.2, 0.25) is 5.91 Å². The maximum absolute atomic E-state index is 12.0. The van der Waals surface area contributed by atoms with Gasteiger partial charge in [0.15, 0.2) is 0 Å². The number of nitrogens with one attached hydrogen (secondary N) is 1. The van der Waals surface area contributed by atoms with Crippen LogP contribution in [0.4, 0.5) is 8.78 Å². The van der Waals surface area contributed by atoms with E-state index in [4.69, 9.17) is 0 Å². The van der Waals surface area contributed by atoms with E-state index in [1.807, 2.05) is 0 Å². The van der Waals surface area contributed by atoms with Gasteiger partial charge in [-0.15, -0.1) is 0 Å². The molecular formula is C16H19F2NO3. The van der Waals surface area contributed by atoms with Crippen molar-refractivity contribution in [3.8, 4) is 5.75 Å². The normalized spacial score (nSPS) is 22.0. The van der Waals surface area contributed by atoms with Crippen molar-refractivity contribution in [1.29, 1.82) is 0 Å². The Labute approximate surface area is 127 Å². The molecular weight excluding hydrogens is 292 g/mol. The van der Waals surface area contributed by atoms with Crippen molar-refractivity contribution in [1.82, 2.24) is 5.32 Å². The highest BCUT2D eigenvalue weighted by atomic mass is 19.3. The molecule has 1 amide bonds. The Morgan fingerprint density at radius 2 is 1.86 bits per heavy atom. The van der Waals surface area contributed by atoms with E-state index in [1.54, 1.807) is 18.2 Å². The Balaban J connectivity index is 1.81. The summed E-state index contributed by atoms with van der Waals surface area (Å²) in [6, 6.07) is 6.14. The molecule has 1 saturated carbocycles. The van der Waals surface area contributed by atoms with E-state index < -0.39 is 6.61 Å². The van der Waals surface area contributed by atoms with E-state index in [-0.39, 0.29) is 23.8 Å². The minimum absolute atomic E-state index is 0.0809. The number of hydrogen-bond acceptors (Lipinski definition) is 3. The highest BCUT2D eigenvalue weighted by Gasteiger charge is 2.19. The number of alkyl halides is 2. The van der Waals surface area contributed by atoms with Gasteiger partial charge in [0, 0.05) is 12.1 Å². The number of carbonyl (C=O) groups is 1. The zero-order chi connectivity index (χ0) is 15.9. The van der Waals surface area contributed by atoms with Gasteiger partial charge in [-0.25, -0.2) is 0 Å². The van der Waals surface area contributed by atoms with Crippen molar-refractivity contribution in [3.05, 3.63) is 35.9 Å². The summed E-state index contributed by atoms with van der Waals surface area (Å²) < 4.78 is 28.3. The first-order chi connectivity index (χ1) is 10.5. The van der Waals surface area contributed by atoms with Gasteiger partial charge in [0.25, 0.3) is 0 Å². The predicted octanol–water partition coefficient (Wildman–Crippen LogP) is 2.72. The summed E-state index contributed by atoms with van der Waals surface area (Å²) in [5.74, 6) is -0.119. The molecule has 0 saturated heterocycles. The maximum atomic E-state index is 12.0. The van der Waals surface area contributed by atoms with E-state index >= 15 is 0 Å². The zero-order valence-electron chi connectivity index (χ0n) is 12.0. The molecule has 0 aliphatic heterocycles. The fourth-order valence-corrected chi connectivity index (χ4v) is 2.40. The molecule has 1 aromatic rings. The topological polar surface area (TPSA) is 58.6 Å². The van der Waals surface area contributed by atoms with E-state index in [9.17, 15) is 18.7 Å². The third-order valence-electron chi connectivity index (χ3n) is 3.58. The Morgan fingerprint density at radius 3 is 2.45 bits per heavy atom. The third-order valence-corrected chi connectivity index (χ3v) is 3.58. The number of amides is 1. The maximum Gasteiger partial charge on any atom is 0.387 e. The van der Waals surface area contributed by atoms with Gasteiger partial charge in [-0.05, 0) is 49.5 Å². The number of hydrogen-bond donors (Lipinski definition) is 2. The molecule has 0 heterocycles. The molecule has 4 nitrogen and oxygen atoms in total. The molecule has 0 bridgehead atoms. The Bertz CT molecular complexity index is 509. The van der Waals surface area contributed by atoms with E-state index in [1.165, 1.54) is 18.2 Å². The second kappa shape index (κ2) is 7.89. The lowest BCUT2D eigenvalue weighted by molar-refractivity contribution is -0.117. The minimum atomic E-state index is -2.85. The smallest absolute Gasteiger partial charge is 0.387 e. The molecule has 2 N–H and O–H groups in total. The molecule has 0 aromatic heterocycles. The number of carbonyl (C=O) groups excluding carboxylic acids is 1. The average molecular weight is 311 g/mol. The zero-order valence-corrected chi connectivity index (χ0v) is 12.0. The van der Waals surface area contributed by atoms with E-state index in [0.29, 0.717) is 12.8 Å². The van der Waals surface area contributed by atoms with Crippen molar-refractivity contribution < 1.29 is 23.4 Å². The summed E-state index contributed by atoms with van der Waals surface area (Å²) in [7, 11) is 0. The molecule has 1 aromatic carbocycles. The molecule has 2 rings (SSSR count). The first-order valence-electron chi connectivity index (χ1n) is 7.24. The number of rotatable bonds is 5. The molecule has 22 heavy (non-hydrogen) atoms. The Morgan fingerprint density at radius 1 is 1.23 bits per heavy atom. The standard InChI is InChI=1S/C16H19F2NO3/c17-16(18)22-14-8-1-11(2-9-14)3-10-15(21)19-12-4-6-13(20)7-5-12/h1-3,8-10,12-13,16,20H,4-7H2,(H,19,21). The largest absolute Gasteiger partial charge is 0.435 e. The summed E-state index contributed by atoms with van der Waals surface area (Å²) in [6.07, 6.45) is 5.74. The highest BCUT2D eigenvalue weighted by Crippen LogP contribution is 2.18. The van der Waals surface area contributed by atoms with Crippen LogP contribution in [0.25, 0.3) is 6.08 Å². The molecule has 1 aliphatic carbocycles. The predicted molar refractivity (Wildman–Crippen MR) is 78.5 cm³/mol. The molecule has 120 valence electrons. The van der Waals surface area contributed by atoms with Crippen LogP contribution in [0.1, 0.15) is 31.2 Å². The monoisotopic (exact) mass is 311 g/mol. The number of halogens is 2. The van der Waals surface area contributed by atoms with Crippen LogP contribution >= 0.6 is 0 Å². The van der Waals surface area contributed by atoms with Crippen LogP contribution in [0.15, 0.2) is 30.3 Å². The van der Waals surface area contributed by atoms with Gasteiger partial charge in [0.05, 0.1) is 6.10 Å². The molecule has 0 atom stereocenters. The number of ether oxygens (including phenoxy) is 1. The third kappa shape index (κ3) is 5.44. The van der Waals surface area contributed by atoms with Crippen molar-refractivity contribution >= 4 is 12.0 Å². The Hall–Kier alpha value is -1.95. The second-order valence-corrected chi connectivity index (χ2v) is 5.29. The minimum Gasteiger partial charge on any atom is -0.435 e. The summed E-state index contributed by atoms with van der Waals surface area (Å²) >= 11 is 0. The van der Waals surface area contributed by atoms with Crippen molar-refractivity contribution in [3.63, 3.8) is 0 Å². The van der Waals surface area contributed by atoms with Crippen LogP contribution in [-0.4, -0.2) is 29.8 Å². The van der Waals surface area contributed by atoms with Crippen LogP contribution < -0.4 is 10.1 Å². The fraction of sp³-hybridized carbons (Fsp3) is 0.438.